The van der Waals surface area contributed by atoms with Crippen LogP contribution < -0.4 is 15.4 Å². The molecule has 0 saturated heterocycles. The van der Waals surface area contributed by atoms with Gasteiger partial charge in [-0.15, -0.1) is 0 Å². The fourth-order valence-corrected chi connectivity index (χ4v) is 4.86. The van der Waals surface area contributed by atoms with E-state index in [1.54, 1.807) is 4.90 Å². The lowest BCUT2D eigenvalue weighted by Crippen LogP contribution is -2.32. The van der Waals surface area contributed by atoms with Crippen molar-refractivity contribution in [2.45, 2.75) is 43.2 Å². The molecule has 1 saturated carbocycles. The average molecular weight is 457 g/mol. The number of aromatic nitrogens is 2. The molecule has 2 aliphatic rings. The van der Waals surface area contributed by atoms with Gasteiger partial charge in [-0.1, -0.05) is 23.9 Å². The summed E-state index contributed by atoms with van der Waals surface area (Å²) in [6.07, 6.45) is 6.51. The lowest BCUT2D eigenvalue weighted by molar-refractivity contribution is -0.142. The summed E-state index contributed by atoms with van der Waals surface area (Å²) in [6.45, 7) is 0.732. The van der Waals surface area contributed by atoms with E-state index in [9.17, 15) is 9.59 Å². The quantitative estimate of drug-likeness (QED) is 0.413. The van der Waals surface area contributed by atoms with Gasteiger partial charge in [0, 0.05) is 12.1 Å². The van der Waals surface area contributed by atoms with E-state index in [1.807, 2.05) is 18.4 Å². The molecule has 0 spiro atoms. The second kappa shape index (κ2) is 9.77. The molecule has 2 N–H and O–H groups in total. The summed E-state index contributed by atoms with van der Waals surface area (Å²) in [5.41, 5.74) is 8.34. The molecule has 1 amide bonds. The van der Waals surface area contributed by atoms with Gasteiger partial charge in [0.15, 0.2) is 5.16 Å². The summed E-state index contributed by atoms with van der Waals surface area (Å²) in [5, 5.41) is 0.480. The molecular weight excluding hydrogens is 428 g/mol. The van der Waals surface area contributed by atoms with Gasteiger partial charge in [-0.2, -0.15) is 4.98 Å². The molecule has 0 unspecified atom stereocenters. The fourth-order valence-electron chi connectivity index (χ4n) is 4.49. The van der Waals surface area contributed by atoms with Gasteiger partial charge >= 0.3 is 5.97 Å². The number of rotatable bonds is 5. The molecule has 2 aromatic rings. The second-order valence-corrected chi connectivity index (χ2v) is 8.94. The van der Waals surface area contributed by atoms with Crippen LogP contribution in [0.2, 0.25) is 0 Å². The first-order chi connectivity index (χ1) is 15.5. The molecule has 1 aliphatic carbocycles. The van der Waals surface area contributed by atoms with Crippen LogP contribution in [0.1, 0.15) is 53.9 Å². The summed E-state index contributed by atoms with van der Waals surface area (Å²) in [4.78, 5) is 34.9. The molecule has 1 aliphatic heterocycles. The highest BCUT2D eigenvalue weighted by atomic mass is 32.2. The normalized spacial score (nSPS) is 20.8. The van der Waals surface area contributed by atoms with E-state index in [-0.39, 0.29) is 29.1 Å². The average Bonchev–Trinajstić information content (AvgIpc) is 2.98. The molecule has 0 bridgehead atoms. The van der Waals surface area contributed by atoms with Crippen LogP contribution in [0.25, 0.3) is 0 Å². The molecule has 1 aromatic heterocycles. The molecule has 8 nitrogen and oxygen atoms in total. The number of anilines is 2. The first-order valence-corrected chi connectivity index (χ1v) is 12.1. The number of carbonyl (C=O) groups is 2. The Balaban J connectivity index is 1.46. The minimum atomic E-state index is -0.251. The summed E-state index contributed by atoms with van der Waals surface area (Å²) < 4.78 is 10.5. The number of esters is 1. The van der Waals surface area contributed by atoms with Crippen LogP contribution in [-0.4, -0.2) is 48.4 Å². The first kappa shape index (κ1) is 22.4. The predicted octanol–water partition coefficient (Wildman–Crippen LogP) is 3.66. The van der Waals surface area contributed by atoms with Crippen molar-refractivity contribution in [1.82, 2.24) is 9.97 Å². The van der Waals surface area contributed by atoms with Gasteiger partial charge in [-0.3, -0.25) is 9.59 Å². The number of methoxy groups -OCH3 is 1. The highest BCUT2D eigenvalue weighted by molar-refractivity contribution is 7.98. The van der Waals surface area contributed by atoms with Gasteiger partial charge in [0.1, 0.15) is 18.0 Å². The zero-order valence-electron chi connectivity index (χ0n) is 18.4. The van der Waals surface area contributed by atoms with Crippen LogP contribution in [0.15, 0.2) is 29.4 Å². The minimum absolute atomic E-state index is 0.124. The Kier molecular flexibility index (Phi) is 6.83. The number of ether oxygens (including phenoxy) is 2. The van der Waals surface area contributed by atoms with E-state index in [1.165, 1.54) is 24.4 Å². The maximum Gasteiger partial charge on any atom is 0.305 e. The predicted molar refractivity (Wildman–Crippen MR) is 123 cm³/mol. The van der Waals surface area contributed by atoms with E-state index in [0.29, 0.717) is 36.6 Å². The third-order valence-corrected chi connectivity index (χ3v) is 6.83. The van der Waals surface area contributed by atoms with Gasteiger partial charge < -0.3 is 20.1 Å². The van der Waals surface area contributed by atoms with Crippen LogP contribution in [0.4, 0.5) is 11.5 Å². The minimum Gasteiger partial charge on any atom is -0.475 e. The van der Waals surface area contributed by atoms with Crippen molar-refractivity contribution >= 4 is 35.1 Å². The van der Waals surface area contributed by atoms with Gasteiger partial charge in [-0.05, 0) is 61.5 Å². The molecule has 0 radical (unpaired) electrons. The molecule has 32 heavy (non-hydrogen) atoms. The number of thioether (sulfide) groups is 1. The third kappa shape index (κ3) is 4.67. The summed E-state index contributed by atoms with van der Waals surface area (Å²) in [6, 6.07) is 8.15. The van der Waals surface area contributed by atoms with Crippen molar-refractivity contribution in [3.63, 3.8) is 0 Å². The van der Waals surface area contributed by atoms with Crippen molar-refractivity contribution in [1.29, 1.82) is 0 Å². The molecular formula is C23H28N4O4S. The third-order valence-electron chi connectivity index (χ3n) is 6.28. The van der Waals surface area contributed by atoms with Crippen molar-refractivity contribution in [2.24, 2.45) is 5.92 Å². The summed E-state index contributed by atoms with van der Waals surface area (Å²) in [5.74, 6) is 0.883. The van der Waals surface area contributed by atoms with Crippen molar-refractivity contribution in [2.75, 3.05) is 37.2 Å². The monoisotopic (exact) mass is 456 g/mol. The van der Waals surface area contributed by atoms with E-state index >= 15 is 0 Å². The zero-order valence-corrected chi connectivity index (χ0v) is 19.2. The van der Waals surface area contributed by atoms with E-state index in [2.05, 4.69) is 22.1 Å². The Labute approximate surface area is 191 Å². The summed E-state index contributed by atoms with van der Waals surface area (Å²) in [7, 11) is 1.44. The maximum atomic E-state index is 13.2. The van der Waals surface area contributed by atoms with E-state index in [4.69, 9.17) is 15.2 Å². The number of hydrogen-bond donors (Lipinski definition) is 1. The SMILES string of the molecule is COC(=O)C[C@H]1CC[C@H](c2ccc(N3CCOc4nc(SC)nc(N)c4C3=O)cc2)CC1. The lowest BCUT2D eigenvalue weighted by atomic mass is 9.77. The number of nitrogens with two attached hydrogens (primary N) is 1. The van der Waals surface area contributed by atoms with E-state index < -0.39 is 0 Å². The highest BCUT2D eigenvalue weighted by Crippen LogP contribution is 2.38. The van der Waals surface area contributed by atoms with Gasteiger partial charge in [0.2, 0.25) is 5.88 Å². The second-order valence-electron chi connectivity index (χ2n) is 8.17. The first-order valence-electron chi connectivity index (χ1n) is 10.8. The molecule has 4 rings (SSSR count). The number of hydrogen-bond acceptors (Lipinski definition) is 8. The number of nitrogens with zero attached hydrogens (tertiary/aromatic N) is 3. The summed E-state index contributed by atoms with van der Waals surface area (Å²) >= 11 is 1.35. The maximum absolute atomic E-state index is 13.2. The molecule has 0 atom stereocenters. The molecule has 9 heteroatoms. The van der Waals surface area contributed by atoms with Crippen LogP contribution in [0.3, 0.4) is 0 Å². The van der Waals surface area contributed by atoms with Crippen molar-refractivity contribution < 1.29 is 19.1 Å². The fraction of sp³-hybridized carbons (Fsp3) is 0.478. The zero-order chi connectivity index (χ0) is 22.7. The smallest absolute Gasteiger partial charge is 0.305 e. The number of carbonyl (C=O) groups excluding carboxylic acids is 2. The Morgan fingerprint density at radius 1 is 1.22 bits per heavy atom. The number of amides is 1. The Bertz CT molecular complexity index is 990. The molecule has 1 aromatic carbocycles. The Morgan fingerprint density at radius 2 is 1.94 bits per heavy atom. The van der Waals surface area contributed by atoms with Gasteiger partial charge in [0.05, 0.1) is 13.7 Å². The van der Waals surface area contributed by atoms with Gasteiger partial charge in [0.25, 0.3) is 5.91 Å². The standard InChI is InChI=1S/C23H28N4O4S/c1-30-18(28)13-14-3-5-15(6-4-14)16-7-9-17(10-8-16)27-11-12-31-21-19(22(27)29)20(24)25-23(26-21)32-2/h7-10,14-15H,3-6,11-13H2,1-2H3,(H2,24,25,26)/t14-,15-. The Hall–Kier alpha value is -2.81. The van der Waals surface area contributed by atoms with Crippen LogP contribution in [0.5, 0.6) is 5.88 Å². The van der Waals surface area contributed by atoms with Gasteiger partial charge in [-0.25, -0.2) is 4.98 Å². The highest BCUT2D eigenvalue weighted by Gasteiger charge is 2.30. The van der Waals surface area contributed by atoms with Crippen LogP contribution in [-0.2, 0) is 9.53 Å². The lowest BCUT2D eigenvalue weighted by Gasteiger charge is -2.28. The van der Waals surface area contributed by atoms with Crippen molar-refractivity contribution in [3.05, 3.63) is 35.4 Å². The van der Waals surface area contributed by atoms with Crippen molar-refractivity contribution in [3.8, 4) is 5.88 Å². The van der Waals surface area contributed by atoms with Crippen LogP contribution in [0, 0.1) is 5.92 Å². The molecule has 1 fully saturated rings. The molecule has 2 heterocycles. The number of nitrogen functional groups attached to an aromatic ring is 1. The largest absolute Gasteiger partial charge is 0.475 e. The Morgan fingerprint density at radius 3 is 2.59 bits per heavy atom. The topological polar surface area (TPSA) is 108 Å². The number of benzene rings is 1. The van der Waals surface area contributed by atoms with E-state index in [0.717, 1.165) is 31.4 Å². The number of fused-ring (bicyclic) bond motifs is 1. The van der Waals surface area contributed by atoms with Crippen LogP contribution >= 0.6 is 11.8 Å². The molecule has 170 valence electrons.